The van der Waals surface area contributed by atoms with Gasteiger partial charge in [0.2, 0.25) is 0 Å². The molecule has 80 heavy (non-hydrogen) atoms. The van der Waals surface area contributed by atoms with Crippen LogP contribution in [-0.2, 0) is 53.1 Å². The average Bonchev–Trinajstić information content (AvgIpc) is 3.60. The molecular weight excluding hydrogens is 1390 g/mol. The quantitative estimate of drug-likeness (QED) is 0.0168. The molecule has 1 aliphatic rings. The number of hydrogen-bond donors (Lipinski definition) is 8. The lowest BCUT2D eigenvalue weighted by atomic mass is 10.0. The molecule has 1 rings (SSSR count). The van der Waals surface area contributed by atoms with Crippen LogP contribution in [0, 0.1) is 0 Å². The number of hydrogen-bond acceptors (Lipinski definition) is 24. The van der Waals surface area contributed by atoms with Crippen LogP contribution < -0.4 is 0 Å². The van der Waals surface area contributed by atoms with E-state index in [9.17, 15) is 0 Å². The third-order valence-electron chi connectivity index (χ3n) is 13.2. The van der Waals surface area contributed by atoms with E-state index in [4.69, 9.17) is 146 Å². The Kier molecular flexibility index (Phi) is 47.2. The van der Waals surface area contributed by atoms with Crippen molar-refractivity contribution in [2.45, 2.75) is 195 Å². The number of thiol groups is 8. The summed E-state index contributed by atoms with van der Waals surface area (Å²) < 4.78 is 77.6. The van der Waals surface area contributed by atoms with Crippen molar-refractivity contribution in [3.63, 3.8) is 0 Å². The van der Waals surface area contributed by atoms with Gasteiger partial charge in [0.15, 0.2) is 0 Å². The monoisotopic (exact) mass is 1500 g/mol. The molecule has 4 atom stereocenters. The molecule has 0 aromatic heterocycles. The first-order valence-electron chi connectivity index (χ1n) is 29.1. The molecule has 0 radical (unpaired) electrons. The summed E-state index contributed by atoms with van der Waals surface area (Å²) in [6.45, 7) is 30.1. The van der Waals surface area contributed by atoms with Crippen molar-refractivity contribution in [1.29, 1.82) is 0 Å². The normalized spacial score (nSPS) is 22.4. The highest BCUT2D eigenvalue weighted by Crippen LogP contribution is 2.98. The SMILES string of the molecule is CCO[Si](CCCS(S)(SS)/C1=C(\S(S)(CCC[Si](OCC)(OCC)OCC)SS)C(S(S)(CCC[Si](OCC)(OCC)OCC)SS)(S(S)(CCC[Si](OCC)(OCC)OCC)SS)CCCCCCCCC1)(OCC)OCC. The van der Waals surface area contributed by atoms with E-state index in [1.54, 1.807) is 39.3 Å². The average molecular weight is 1500 g/mol. The zero-order chi connectivity index (χ0) is 60.3. The fourth-order valence-electron chi connectivity index (χ4n) is 10.4. The van der Waals surface area contributed by atoms with Crippen molar-refractivity contribution in [3.05, 3.63) is 9.81 Å². The van der Waals surface area contributed by atoms with Crippen molar-refractivity contribution >= 4 is 200 Å². The topological polar surface area (TPSA) is 111 Å². The standard InChI is InChI=1S/C48H110O12S16Si4/c1-13-49-77(50-14-2,51-15-3)42-32-38-73(65,69-61)46-36-30-28-26-25-27-29-31-37-48(75(67,71-63)40-34-44-79(55-19-7,56-20-8)57-21-9,76(68,72-64)41-35-45-80(58-22-10,59-23-11)60-24-12)47(46)74(66,70-62)39-33-43-78(52-16-4,53-17-5)54-18-6/h61-68H,13-45H2,1-12H3/b47-46-. The Morgan fingerprint density at radius 1 is 0.350 bits per heavy atom. The maximum atomic E-state index is 6.55. The van der Waals surface area contributed by atoms with Crippen LogP contribution in [0.3, 0.4) is 0 Å². The predicted molar refractivity (Wildman–Crippen MR) is 404 cm³/mol. The van der Waals surface area contributed by atoms with E-state index in [1.165, 1.54) is 22.7 Å². The molecule has 0 saturated heterocycles. The Morgan fingerprint density at radius 3 is 0.863 bits per heavy atom. The van der Waals surface area contributed by atoms with Gasteiger partial charge in [-0.15, -0.1) is 126 Å². The molecule has 12 nitrogen and oxygen atoms in total. The highest BCUT2D eigenvalue weighted by molar-refractivity contribution is 9.42. The van der Waals surface area contributed by atoms with Gasteiger partial charge >= 0.3 is 35.2 Å². The molecule has 0 N–H and O–H groups in total. The van der Waals surface area contributed by atoms with Crippen molar-refractivity contribution in [3.8, 4) is 0 Å². The molecule has 0 aromatic rings. The second-order valence-corrected chi connectivity index (χ2v) is 63.8. The molecule has 0 heterocycles. The fraction of sp³-hybridized carbons (Fsp3) is 0.958. The summed E-state index contributed by atoms with van der Waals surface area (Å²) >= 11 is 46.9. The van der Waals surface area contributed by atoms with Crippen LogP contribution >= 0.6 is 165 Å². The van der Waals surface area contributed by atoms with Crippen molar-refractivity contribution in [2.75, 3.05) is 102 Å². The zero-order valence-electron chi connectivity index (χ0n) is 50.6. The summed E-state index contributed by atoms with van der Waals surface area (Å²) in [5.41, 5.74) is 0. The molecule has 0 fully saturated rings. The van der Waals surface area contributed by atoms with Crippen molar-refractivity contribution in [1.82, 2.24) is 0 Å². The van der Waals surface area contributed by atoms with Crippen LogP contribution in [0.2, 0.25) is 24.2 Å². The first-order valence-corrected chi connectivity index (χ1v) is 57.8. The van der Waals surface area contributed by atoms with Crippen LogP contribution in [0.5, 0.6) is 0 Å². The Bertz CT molecular complexity index is 1550. The summed E-state index contributed by atoms with van der Waals surface area (Å²) in [7, 11) is -15.0. The summed E-state index contributed by atoms with van der Waals surface area (Å²) in [5.74, 6) is 2.82. The second kappa shape index (κ2) is 45.1. The maximum absolute atomic E-state index is 6.55. The van der Waals surface area contributed by atoms with E-state index >= 15 is 0 Å². The van der Waals surface area contributed by atoms with E-state index in [1.807, 2.05) is 83.1 Å². The van der Waals surface area contributed by atoms with Crippen LogP contribution in [0.15, 0.2) is 9.81 Å². The first kappa shape index (κ1) is 83.7. The summed E-state index contributed by atoms with van der Waals surface area (Å²) in [6, 6.07) is 2.53. The van der Waals surface area contributed by atoms with E-state index in [-0.39, 0.29) is 0 Å². The van der Waals surface area contributed by atoms with Gasteiger partial charge in [-0.3, -0.25) is 0 Å². The summed E-state index contributed by atoms with van der Waals surface area (Å²) in [6.07, 6.45) is 12.1. The van der Waals surface area contributed by atoms with Gasteiger partial charge in [-0.25, -0.2) is 0 Å². The lowest BCUT2D eigenvalue weighted by Gasteiger charge is -2.65. The lowest BCUT2D eigenvalue weighted by molar-refractivity contribution is 0.0704. The minimum atomic E-state index is -3.11. The largest absolute Gasteiger partial charge is 0.500 e. The zero-order valence-corrected chi connectivity index (χ0v) is 68.3. The van der Waals surface area contributed by atoms with Gasteiger partial charge in [-0.05, 0) is 195 Å². The third kappa shape index (κ3) is 25.2. The summed E-state index contributed by atoms with van der Waals surface area (Å²) in [4.78, 5) is 2.61. The maximum Gasteiger partial charge on any atom is 0.500 e. The molecule has 486 valence electrons. The molecule has 0 bridgehead atoms. The van der Waals surface area contributed by atoms with Crippen LogP contribution in [0.1, 0.15) is 167 Å². The van der Waals surface area contributed by atoms with Gasteiger partial charge in [0.25, 0.3) is 0 Å². The third-order valence-corrected chi connectivity index (χ3v) is 68.1. The predicted octanol–water partition coefficient (Wildman–Crippen LogP) is 19.7. The number of allylic oxidation sites excluding steroid dienone is 1. The molecule has 0 aromatic carbocycles. The Balaban J connectivity index is 5.08. The minimum Gasteiger partial charge on any atom is -0.374 e. The van der Waals surface area contributed by atoms with Crippen molar-refractivity contribution in [2.24, 2.45) is 0 Å². The molecule has 0 aliphatic heterocycles. The molecule has 1 aliphatic carbocycles. The lowest BCUT2D eigenvalue weighted by Crippen LogP contribution is -2.47. The van der Waals surface area contributed by atoms with Gasteiger partial charge < -0.3 is 53.1 Å². The molecular formula is C48H110O12S16Si4. The Labute approximate surface area is 553 Å². The molecule has 4 unspecified atom stereocenters. The van der Waals surface area contributed by atoms with Crippen LogP contribution in [0.4, 0.5) is 0 Å². The van der Waals surface area contributed by atoms with Gasteiger partial charge in [0.1, 0.15) is 0 Å². The number of rotatable bonds is 48. The highest BCUT2D eigenvalue weighted by atomic mass is 33.7. The summed E-state index contributed by atoms with van der Waals surface area (Å²) in [5, 5.41) is 0. The van der Waals surface area contributed by atoms with Crippen LogP contribution in [0.25, 0.3) is 0 Å². The smallest absolute Gasteiger partial charge is 0.374 e. The van der Waals surface area contributed by atoms with Gasteiger partial charge in [0, 0.05) is 108 Å². The van der Waals surface area contributed by atoms with E-state index in [0.29, 0.717) is 121 Å². The van der Waals surface area contributed by atoms with Crippen molar-refractivity contribution < 1.29 is 53.1 Å². The molecule has 0 amide bonds. The molecule has 0 saturated carbocycles. The fourth-order valence-corrected chi connectivity index (χ4v) is 60.3. The van der Waals surface area contributed by atoms with E-state index in [2.05, 4.69) is 0 Å². The second-order valence-electron chi connectivity index (χ2n) is 18.5. The molecule has 0 spiro atoms. The van der Waals surface area contributed by atoms with Gasteiger partial charge in [-0.1, -0.05) is 38.5 Å². The van der Waals surface area contributed by atoms with Gasteiger partial charge in [-0.2, -0.15) is 0 Å². The molecule has 32 heteroatoms. The Hall–Kier alpha value is 5.73. The van der Waals surface area contributed by atoms with Gasteiger partial charge in [0.05, 0.1) is 4.08 Å². The Morgan fingerprint density at radius 2 is 0.600 bits per heavy atom. The first-order chi connectivity index (χ1) is 38.3. The minimum absolute atomic E-state index is 0.491. The highest BCUT2D eigenvalue weighted by Gasteiger charge is 2.63. The van der Waals surface area contributed by atoms with E-state index in [0.717, 1.165) is 76.4 Å². The van der Waals surface area contributed by atoms with Crippen LogP contribution in [-0.4, -0.2) is 142 Å². The van der Waals surface area contributed by atoms with E-state index < -0.39 is 71.7 Å².